The zero-order valence-corrected chi connectivity index (χ0v) is 18.5. The lowest BCUT2D eigenvalue weighted by Gasteiger charge is -2.29. The minimum atomic E-state index is -0.208. The summed E-state index contributed by atoms with van der Waals surface area (Å²) in [6.45, 7) is 12.2. The van der Waals surface area contributed by atoms with Crippen LogP contribution in [0.5, 0.6) is 0 Å². The molecule has 1 aliphatic rings. The van der Waals surface area contributed by atoms with Gasteiger partial charge in [-0.2, -0.15) is 0 Å². The van der Waals surface area contributed by atoms with Gasteiger partial charge in [0.15, 0.2) is 5.96 Å². The standard InChI is InChI=1S/C17H35N5O.HI/c1-7-18-16(19-11-14-9-8-10-21(5)12-14)22(6)13-15(23)20-17(2,3)4;/h14H,7-13H2,1-6H3,(H,18,19)(H,20,23);1H. The van der Waals surface area contributed by atoms with E-state index in [4.69, 9.17) is 4.99 Å². The Labute approximate surface area is 164 Å². The highest BCUT2D eigenvalue weighted by atomic mass is 127. The molecule has 0 aromatic carbocycles. The first-order valence-corrected chi connectivity index (χ1v) is 8.70. The molecule has 7 heteroatoms. The maximum Gasteiger partial charge on any atom is 0.240 e. The maximum absolute atomic E-state index is 12.1. The van der Waals surface area contributed by atoms with Crippen molar-refractivity contribution in [3.63, 3.8) is 0 Å². The largest absolute Gasteiger partial charge is 0.357 e. The number of halogens is 1. The zero-order chi connectivity index (χ0) is 17.5. The number of amides is 1. The van der Waals surface area contributed by atoms with Crippen LogP contribution < -0.4 is 10.6 Å². The molecule has 1 saturated heterocycles. The van der Waals surface area contributed by atoms with E-state index < -0.39 is 0 Å². The summed E-state index contributed by atoms with van der Waals surface area (Å²) in [5.74, 6) is 1.44. The molecule has 1 unspecified atom stereocenters. The lowest BCUT2D eigenvalue weighted by Crippen LogP contribution is -2.49. The van der Waals surface area contributed by atoms with Crippen LogP contribution in [0.2, 0.25) is 0 Å². The van der Waals surface area contributed by atoms with E-state index in [-0.39, 0.29) is 35.4 Å². The average Bonchev–Trinajstić information content (AvgIpc) is 2.41. The van der Waals surface area contributed by atoms with E-state index in [1.165, 1.54) is 19.4 Å². The van der Waals surface area contributed by atoms with Crippen LogP contribution in [0.4, 0.5) is 0 Å². The number of nitrogens with one attached hydrogen (secondary N) is 2. The molecule has 0 radical (unpaired) electrons. The smallest absolute Gasteiger partial charge is 0.240 e. The molecule has 1 aliphatic heterocycles. The summed E-state index contributed by atoms with van der Waals surface area (Å²) in [4.78, 5) is 21.1. The fourth-order valence-electron chi connectivity index (χ4n) is 2.86. The lowest BCUT2D eigenvalue weighted by atomic mass is 9.99. The fourth-order valence-corrected chi connectivity index (χ4v) is 2.86. The van der Waals surface area contributed by atoms with Gasteiger partial charge >= 0.3 is 0 Å². The molecule has 2 N–H and O–H groups in total. The Morgan fingerprint density at radius 2 is 2.04 bits per heavy atom. The van der Waals surface area contributed by atoms with Crippen LogP contribution in [0.1, 0.15) is 40.5 Å². The Kier molecular flexibility index (Phi) is 10.9. The van der Waals surface area contributed by atoms with Gasteiger partial charge in [0.2, 0.25) is 5.91 Å². The van der Waals surface area contributed by atoms with Crippen LogP contribution in [0.25, 0.3) is 0 Å². The lowest BCUT2D eigenvalue weighted by molar-refractivity contribution is -0.122. The number of guanidine groups is 1. The minimum absolute atomic E-state index is 0. The number of hydrogen-bond acceptors (Lipinski definition) is 3. The van der Waals surface area contributed by atoms with E-state index in [0.29, 0.717) is 12.5 Å². The van der Waals surface area contributed by atoms with Crippen LogP contribution in [-0.4, -0.2) is 74.0 Å². The Bertz CT molecular complexity index is 408. The number of carbonyl (C=O) groups is 1. The van der Waals surface area contributed by atoms with E-state index in [1.807, 2.05) is 39.6 Å². The van der Waals surface area contributed by atoms with E-state index >= 15 is 0 Å². The van der Waals surface area contributed by atoms with Crippen molar-refractivity contribution in [3.8, 4) is 0 Å². The number of piperidine rings is 1. The van der Waals surface area contributed by atoms with Gasteiger partial charge in [0.1, 0.15) is 0 Å². The summed E-state index contributed by atoms with van der Waals surface area (Å²) in [6.07, 6.45) is 2.48. The molecular weight excluding hydrogens is 417 g/mol. The summed E-state index contributed by atoms with van der Waals surface area (Å²) >= 11 is 0. The van der Waals surface area contributed by atoms with E-state index in [0.717, 1.165) is 25.6 Å². The van der Waals surface area contributed by atoms with Gasteiger partial charge in [-0.25, -0.2) is 0 Å². The molecule has 1 heterocycles. The van der Waals surface area contributed by atoms with Gasteiger partial charge in [-0.3, -0.25) is 9.79 Å². The van der Waals surface area contributed by atoms with Gasteiger partial charge in [-0.1, -0.05) is 0 Å². The first-order valence-electron chi connectivity index (χ1n) is 8.70. The highest BCUT2D eigenvalue weighted by molar-refractivity contribution is 14.0. The molecule has 0 aromatic heterocycles. The zero-order valence-electron chi connectivity index (χ0n) is 16.2. The molecule has 6 nitrogen and oxygen atoms in total. The molecule has 0 bridgehead atoms. The van der Waals surface area contributed by atoms with Crippen LogP contribution >= 0.6 is 24.0 Å². The van der Waals surface area contributed by atoms with Crippen LogP contribution in [0.15, 0.2) is 4.99 Å². The second-order valence-electron chi connectivity index (χ2n) is 7.62. The van der Waals surface area contributed by atoms with Crippen molar-refractivity contribution in [2.75, 3.05) is 46.8 Å². The van der Waals surface area contributed by atoms with Gasteiger partial charge in [0.05, 0.1) is 6.54 Å². The summed E-state index contributed by atoms with van der Waals surface area (Å²) in [6, 6.07) is 0. The topological polar surface area (TPSA) is 60.0 Å². The third kappa shape index (κ3) is 9.66. The average molecular weight is 453 g/mol. The second kappa shape index (κ2) is 11.1. The second-order valence-corrected chi connectivity index (χ2v) is 7.62. The molecule has 1 fully saturated rings. The SMILES string of the molecule is CCNC(=NCC1CCCN(C)C1)N(C)CC(=O)NC(C)(C)C.I. The first-order chi connectivity index (χ1) is 10.7. The Hall–Kier alpha value is -0.570. The number of nitrogens with zero attached hydrogens (tertiary/aromatic N) is 3. The Balaban J connectivity index is 0.00000529. The van der Waals surface area contributed by atoms with Gasteiger partial charge < -0.3 is 20.4 Å². The van der Waals surface area contributed by atoms with Gasteiger partial charge in [0, 0.05) is 32.2 Å². The predicted molar refractivity (Wildman–Crippen MR) is 112 cm³/mol. The number of aliphatic imine (C=N–C) groups is 1. The number of carbonyl (C=O) groups excluding carboxylic acids is 1. The molecule has 0 saturated carbocycles. The van der Waals surface area contributed by atoms with Gasteiger partial charge in [-0.15, -0.1) is 24.0 Å². The monoisotopic (exact) mass is 453 g/mol. The van der Waals surface area contributed by atoms with Gasteiger partial charge in [0.25, 0.3) is 0 Å². The summed E-state index contributed by atoms with van der Waals surface area (Å²) in [7, 11) is 4.08. The number of hydrogen-bond donors (Lipinski definition) is 2. The molecule has 0 aliphatic carbocycles. The molecule has 1 amide bonds. The van der Waals surface area contributed by atoms with Crippen molar-refractivity contribution < 1.29 is 4.79 Å². The highest BCUT2D eigenvalue weighted by Crippen LogP contribution is 2.15. The van der Waals surface area contributed by atoms with Crippen LogP contribution in [0.3, 0.4) is 0 Å². The molecule has 1 rings (SSSR count). The van der Waals surface area contributed by atoms with Crippen molar-refractivity contribution in [3.05, 3.63) is 0 Å². The third-order valence-electron chi connectivity index (χ3n) is 3.81. The van der Waals surface area contributed by atoms with Crippen LogP contribution in [-0.2, 0) is 4.79 Å². The quantitative estimate of drug-likeness (QED) is 0.379. The number of rotatable bonds is 5. The molecule has 24 heavy (non-hydrogen) atoms. The highest BCUT2D eigenvalue weighted by Gasteiger charge is 2.19. The summed E-state index contributed by atoms with van der Waals surface area (Å²) in [5, 5.41) is 6.27. The fraction of sp³-hybridized carbons (Fsp3) is 0.882. The summed E-state index contributed by atoms with van der Waals surface area (Å²) in [5.41, 5.74) is -0.208. The van der Waals surface area contributed by atoms with Crippen molar-refractivity contribution in [2.45, 2.75) is 46.1 Å². The normalized spacial score (nSPS) is 19.4. The van der Waals surface area contributed by atoms with E-state index in [2.05, 4.69) is 22.6 Å². The number of likely N-dealkylation sites (N-methyl/N-ethyl adjacent to an activating group) is 1. The van der Waals surface area contributed by atoms with E-state index in [1.54, 1.807) is 0 Å². The van der Waals surface area contributed by atoms with Crippen molar-refractivity contribution >= 4 is 35.8 Å². The predicted octanol–water partition coefficient (Wildman–Crippen LogP) is 1.76. The molecule has 0 spiro atoms. The van der Waals surface area contributed by atoms with E-state index in [9.17, 15) is 4.79 Å². The molecule has 142 valence electrons. The minimum Gasteiger partial charge on any atom is -0.357 e. The van der Waals surface area contributed by atoms with Crippen LogP contribution in [0, 0.1) is 5.92 Å². The number of likely N-dealkylation sites (tertiary alicyclic amines) is 1. The third-order valence-corrected chi connectivity index (χ3v) is 3.81. The molecule has 0 aromatic rings. The van der Waals surface area contributed by atoms with Crippen molar-refractivity contribution in [2.24, 2.45) is 10.9 Å². The van der Waals surface area contributed by atoms with Crippen molar-refractivity contribution in [1.82, 2.24) is 20.4 Å². The Morgan fingerprint density at radius 3 is 2.58 bits per heavy atom. The molecule has 1 atom stereocenters. The summed E-state index contributed by atoms with van der Waals surface area (Å²) < 4.78 is 0. The van der Waals surface area contributed by atoms with Gasteiger partial charge in [-0.05, 0) is 60.0 Å². The molecular formula is C17H36IN5O. The van der Waals surface area contributed by atoms with Crippen molar-refractivity contribution in [1.29, 1.82) is 0 Å². The maximum atomic E-state index is 12.1. The Morgan fingerprint density at radius 1 is 1.38 bits per heavy atom. The first kappa shape index (κ1) is 23.4.